The lowest BCUT2D eigenvalue weighted by molar-refractivity contribution is 0.0954. The first-order valence-electron chi connectivity index (χ1n) is 6.34. The first-order valence-corrected chi connectivity index (χ1v) is 7.13. The number of hydrogen-bond acceptors (Lipinski definition) is 6. The van der Waals surface area contributed by atoms with Crippen molar-refractivity contribution in [3.8, 4) is 23.0 Å². The lowest BCUT2D eigenvalue weighted by Crippen LogP contribution is -2.17. The van der Waals surface area contributed by atoms with Crippen LogP contribution in [-0.2, 0) is 0 Å². The Morgan fingerprint density at radius 3 is 2.48 bits per heavy atom. The Morgan fingerprint density at radius 1 is 1.22 bits per heavy atom. The van der Waals surface area contributed by atoms with E-state index in [1.807, 2.05) is 0 Å². The fourth-order valence-corrected chi connectivity index (χ4v) is 2.15. The molecule has 0 bridgehead atoms. The number of rotatable bonds is 4. The Labute approximate surface area is 140 Å². The summed E-state index contributed by atoms with van der Waals surface area (Å²) in [6.07, 6.45) is 1.39. The molecule has 0 saturated heterocycles. The van der Waals surface area contributed by atoms with Gasteiger partial charge < -0.3 is 20.1 Å². The first kappa shape index (κ1) is 16.6. The van der Waals surface area contributed by atoms with Crippen molar-refractivity contribution in [3.63, 3.8) is 0 Å². The summed E-state index contributed by atoms with van der Waals surface area (Å²) in [5.41, 5.74) is 2.83. The Hall–Kier alpha value is -2.74. The highest BCUT2D eigenvalue weighted by molar-refractivity contribution is 9.10. The van der Waals surface area contributed by atoms with Gasteiger partial charge in [-0.05, 0) is 30.3 Å². The number of hydrazone groups is 1. The van der Waals surface area contributed by atoms with Crippen molar-refractivity contribution in [1.29, 1.82) is 0 Å². The molecule has 0 aliphatic carbocycles. The number of carbonyl (C=O) groups excluding carboxylic acids is 1. The predicted octanol–water partition coefficient (Wildman–Crippen LogP) is 2.34. The topological polar surface area (TPSA) is 111 Å². The largest absolute Gasteiger partial charge is 0.504 e. The molecule has 0 aromatic heterocycles. The molecule has 0 atom stereocenters. The van der Waals surface area contributed by atoms with Crippen LogP contribution in [-0.4, -0.2) is 34.6 Å². The van der Waals surface area contributed by atoms with Gasteiger partial charge in [-0.3, -0.25) is 4.79 Å². The van der Waals surface area contributed by atoms with Crippen LogP contribution in [0, 0.1) is 0 Å². The number of phenols is 3. The van der Waals surface area contributed by atoms with E-state index in [9.17, 15) is 20.1 Å². The average molecular weight is 381 g/mol. The number of halogens is 1. The zero-order valence-corrected chi connectivity index (χ0v) is 13.5. The smallest absolute Gasteiger partial charge is 0.271 e. The third-order valence-corrected chi connectivity index (χ3v) is 3.39. The van der Waals surface area contributed by atoms with Crippen LogP contribution in [0.2, 0.25) is 0 Å². The lowest BCUT2D eigenvalue weighted by Gasteiger charge is -2.06. The van der Waals surface area contributed by atoms with Gasteiger partial charge in [-0.2, -0.15) is 5.10 Å². The zero-order valence-electron chi connectivity index (χ0n) is 11.9. The Bertz CT molecular complexity index is 753. The number of nitrogens with one attached hydrogen (secondary N) is 1. The standard InChI is InChI=1S/C15H13BrN2O5/c1-23-13-3-2-10(16)4-9(13)7-17-18-15(22)8-5-11(19)14(21)12(20)6-8/h2-7,19-21H,1H3,(H,18,22)/b17-7+. The molecule has 0 fully saturated rings. The van der Waals surface area contributed by atoms with Crippen molar-refractivity contribution in [3.05, 3.63) is 45.9 Å². The molecule has 2 aromatic rings. The van der Waals surface area contributed by atoms with Crippen LogP contribution in [0.4, 0.5) is 0 Å². The third kappa shape index (κ3) is 3.92. The zero-order chi connectivity index (χ0) is 17.0. The number of amides is 1. The SMILES string of the molecule is COc1ccc(Br)cc1/C=N/NC(=O)c1cc(O)c(O)c(O)c1. The van der Waals surface area contributed by atoms with Crippen LogP contribution in [0.1, 0.15) is 15.9 Å². The Morgan fingerprint density at radius 2 is 1.87 bits per heavy atom. The summed E-state index contributed by atoms with van der Waals surface area (Å²) in [5, 5.41) is 31.8. The fraction of sp³-hybridized carbons (Fsp3) is 0.0667. The van der Waals surface area contributed by atoms with Crippen LogP contribution in [0.15, 0.2) is 39.9 Å². The minimum Gasteiger partial charge on any atom is -0.504 e. The molecule has 2 aromatic carbocycles. The molecule has 0 aliphatic rings. The lowest BCUT2D eigenvalue weighted by atomic mass is 10.2. The number of carbonyl (C=O) groups is 1. The number of benzene rings is 2. The van der Waals surface area contributed by atoms with Crippen molar-refractivity contribution in [1.82, 2.24) is 5.43 Å². The van der Waals surface area contributed by atoms with Gasteiger partial charge in [0.05, 0.1) is 13.3 Å². The third-order valence-electron chi connectivity index (χ3n) is 2.89. The second-order valence-electron chi connectivity index (χ2n) is 4.45. The van der Waals surface area contributed by atoms with Crippen LogP contribution in [0.3, 0.4) is 0 Å². The van der Waals surface area contributed by atoms with Gasteiger partial charge in [0, 0.05) is 15.6 Å². The van der Waals surface area contributed by atoms with Crippen molar-refractivity contribution >= 4 is 28.1 Å². The highest BCUT2D eigenvalue weighted by Crippen LogP contribution is 2.35. The van der Waals surface area contributed by atoms with Gasteiger partial charge in [-0.1, -0.05) is 15.9 Å². The van der Waals surface area contributed by atoms with Gasteiger partial charge in [0.2, 0.25) is 0 Å². The van der Waals surface area contributed by atoms with Crippen molar-refractivity contribution in [2.45, 2.75) is 0 Å². The predicted molar refractivity (Wildman–Crippen MR) is 87.2 cm³/mol. The molecular weight excluding hydrogens is 368 g/mol. The second-order valence-corrected chi connectivity index (χ2v) is 5.36. The molecular formula is C15H13BrN2O5. The average Bonchev–Trinajstić information content (AvgIpc) is 2.52. The first-order chi connectivity index (χ1) is 10.9. The summed E-state index contributed by atoms with van der Waals surface area (Å²) in [6.45, 7) is 0. The molecule has 23 heavy (non-hydrogen) atoms. The monoisotopic (exact) mass is 380 g/mol. The van der Waals surface area contributed by atoms with E-state index in [0.29, 0.717) is 11.3 Å². The summed E-state index contributed by atoms with van der Waals surface area (Å²) in [5.74, 6) is -1.99. The summed E-state index contributed by atoms with van der Waals surface area (Å²) >= 11 is 3.32. The molecule has 0 aliphatic heterocycles. The molecule has 7 nitrogen and oxygen atoms in total. The summed E-state index contributed by atoms with van der Waals surface area (Å²) in [4.78, 5) is 11.9. The van der Waals surface area contributed by atoms with E-state index < -0.39 is 23.2 Å². The van der Waals surface area contributed by atoms with Gasteiger partial charge in [-0.15, -0.1) is 0 Å². The molecule has 0 heterocycles. The normalized spacial score (nSPS) is 10.7. The Kier molecular flexibility index (Phi) is 5.07. The van der Waals surface area contributed by atoms with Gasteiger partial charge in [-0.25, -0.2) is 5.43 Å². The van der Waals surface area contributed by atoms with Crippen molar-refractivity contribution < 1.29 is 24.9 Å². The van der Waals surface area contributed by atoms with E-state index in [1.165, 1.54) is 13.3 Å². The minimum absolute atomic E-state index is 0.0591. The summed E-state index contributed by atoms with van der Waals surface area (Å²) < 4.78 is 5.99. The molecule has 4 N–H and O–H groups in total. The van der Waals surface area contributed by atoms with Crippen LogP contribution >= 0.6 is 15.9 Å². The molecule has 1 amide bonds. The number of hydrogen-bond donors (Lipinski definition) is 4. The summed E-state index contributed by atoms with van der Waals surface area (Å²) in [6, 6.07) is 7.33. The molecule has 0 saturated carbocycles. The molecule has 0 radical (unpaired) electrons. The van der Waals surface area contributed by atoms with Crippen LogP contribution in [0.25, 0.3) is 0 Å². The van der Waals surface area contributed by atoms with E-state index in [2.05, 4.69) is 26.5 Å². The van der Waals surface area contributed by atoms with E-state index in [0.717, 1.165) is 16.6 Å². The number of phenolic OH excluding ortho intramolecular Hbond substituents is 3. The van der Waals surface area contributed by atoms with Crippen LogP contribution in [0.5, 0.6) is 23.0 Å². The van der Waals surface area contributed by atoms with Gasteiger partial charge in [0.1, 0.15) is 5.75 Å². The highest BCUT2D eigenvalue weighted by Gasteiger charge is 2.13. The quantitative estimate of drug-likeness (QED) is 0.369. The molecule has 0 spiro atoms. The number of ether oxygens (including phenoxy) is 1. The molecule has 2 rings (SSSR count). The van der Waals surface area contributed by atoms with Crippen molar-refractivity contribution in [2.24, 2.45) is 5.10 Å². The van der Waals surface area contributed by atoms with Crippen LogP contribution < -0.4 is 10.2 Å². The minimum atomic E-state index is -0.691. The number of methoxy groups -OCH3 is 1. The Balaban J connectivity index is 2.14. The molecule has 120 valence electrons. The van der Waals surface area contributed by atoms with E-state index in [-0.39, 0.29) is 5.56 Å². The highest BCUT2D eigenvalue weighted by atomic mass is 79.9. The number of nitrogens with zero attached hydrogens (tertiary/aromatic N) is 1. The second kappa shape index (κ2) is 7.01. The van der Waals surface area contributed by atoms with E-state index in [1.54, 1.807) is 18.2 Å². The van der Waals surface area contributed by atoms with Gasteiger partial charge in [0.25, 0.3) is 5.91 Å². The van der Waals surface area contributed by atoms with E-state index >= 15 is 0 Å². The van der Waals surface area contributed by atoms with Gasteiger partial charge >= 0.3 is 0 Å². The maximum Gasteiger partial charge on any atom is 0.271 e. The van der Waals surface area contributed by atoms with Gasteiger partial charge in [0.15, 0.2) is 17.2 Å². The van der Waals surface area contributed by atoms with E-state index in [4.69, 9.17) is 4.74 Å². The summed E-state index contributed by atoms with van der Waals surface area (Å²) in [7, 11) is 1.52. The maximum atomic E-state index is 11.9. The fourth-order valence-electron chi connectivity index (χ4n) is 1.77. The number of aromatic hydroxyl groups is 3. The molecule has 0 unspecified atom stereocenters. The molecule has 8 heteroatoms. The maximum absolute atomic E-state index is 11.9. The van der Waals surface area contributed by atoms with Crippen molar-refractivity contribution in [2.75, 3.05) is 7.11 Å².